The number of amides is 1. The highest BCUT2D eigenvalue weighted by Crippen LogP contribution is 2.27. The number of rotatable bonds is 4. The molecule has 2 aromatic rings. The van der Waals surface area contributed by atoms with E-state index in [2.05, 4.69) is 15.3 Å². The Morgan fingerprint density at radius 1 is 1.37 bits per heavy atom. The second-order valence-corrected chi connectivity index (χ2v) is 3.74. The van der Waals surface area contributed by atoms with E-state index < -0.39 is 0 Å². The summed E-state index contributed by atoms with van der Waals surface area (Å²) in [5.41, 5.74) is 7.13. The van der Waals surface area contributed by atoms with E-state index in [1.54, 1.807) is 18.2 Å². The molecular formula is C13H14N4O2. The van der Waals surface area contributed by atoms with Gasteiger partial charge in [-0.2, -0.15) is 0 Å². The first-order valence-electron chi connectivity index (χ1n) is 5.80. The standard InChI is InChI=1S/C13H14N4O2/c1-2-19-12-10(4-3-5-11(12)14)13(18)17-9-6-15-8-16-7-9/h3-8H,2,14H2,1H3,(H,17,18). The van der Waals surface area contributed by atoms with Crippen LogP contribution in [0, 0.1) is 0 Å². The lowest BCUT2D eigenvalue weighted by Gasteiger charge is -2.12. The normalized spacial score (nSPS) is 9.95. The molecule has 1 amide bonds. The smallest absolute Gasteiger partial charge is 0.259 e. The molecule has 19 heavy (non-hydrogen) atoms. The number of para-hydroxylation sites is 1. The van der Waals surface area contributed by atoms with Crippen molar-refractivity contribution in [1.82, 2.24) is 9.97 Å². The van der Waals surface area contributed by atoms with E-state index in [1.165, 1.54) is 18.7 Å². The topological polar surface area (TPSA) is 90.1 Å². The maximum atomic E-state index is 12.2. The van der Waals surface area contributed by atoms with Gasteiger partial charge in [-0.1, -0.05) is 6.07 Å². The molecule has 98 valence electrons. The van der Waals surface area contributed by atoms with Gasteiger partial charge in [0.2, 0.25) is 0 Å². The maximum absolute atomic E-state index is 12.2. The van der Waals surface area contributed by atoms with Gasteiger partial charge < -0.3 is 15.8 Å². The van der Waals surface area contributed by atoms with E-state index in [-0.39, 0.29) is 5.91 Å². The predicted octanol–water partition coefficient (Wildman–Crippen LogP) is 1.71. The summed E-state index contributed by atoms with van der Waals surface area (Å²) in [5.74, 6) is 0.0740. The third kappa shape index (κ3) is 2.98. The molecule has 6 nitrogen and oxygen atoms in total. The Morgan fingerprint density at radius 2 is 2.11 bits per heavy atom. The van der Waals surface area contributed by atoms with Gasteiger partial charge in [0.1, 0.15) is 6.33 Å². The van der Waals surface area contributed by atoms with E-state index in [9.17, 15) is 4.79 Å². The van der Waals surface area contributed by atoms with E-state index in [4.69, 9.17) is 10.5 Å². The van der Waals surface area contributed by atoms with Gasteiger partial charge in [0.15, 0.2) is 5.75 Å². The Bertz CT molecular complexity index is 572. The van der Waals surface area contributed by atoms with Crippen molar-refractivity contribution in [3.63, 3.8) is 0 Å². The Morgan fingerprint density at radius 3 is 2.79 bits per heavy atom. The van der Waals surface area contributed by atoms with E-state index in [0.717, 1.165) is 0 Å². The zero-order valence-electron chi connectivity index (χ0n) is 10.5. The number of ether oxygens (including phenoxy) is 1. The van der Waals surface area contributed by atoms with Crippen LogP contribution in [0.4, 0.5) is 11.4 Å². The molecule has 0 radical (unpaired) electrons. The average Bonchev–Trinajstić information content (AvgIpc) is 2.42. The monoisotopic (exact) mass is 258 g/mol. The maximum Gasteiger partial charge on any atom is 0.259 e. The SMILES string of the molecule is CCOc1c(N)cccc1C(=O)Nc1cncnc1. The number of hydrogen-bond donors (Lipinski definition) is 2. The highest BCUT2D eigenvalue weighted by Gasteiger charge is 2.15. The fourth-order valence-corrected chi connectivity index (χ4v) is 1.60. The lowest BCUT2D eigenvalue weighted by molar-refractivity contribution is 0.102. The van der Waals surface area contributed by atoms with Crippen molar-refractivity contribution in [3.8, 4) is 5.75 Å². The number of nitrogen functional groups attached to an aromatic ring is 1. The number of aromatic nitrogens is 2. The molecule has 0 aliphatic heterocycles. The highest BCUT2D eigenvalue weighted by molar-refractivity contribution is 6.07. The van der Waals surface area contributed by atoms with Gasteiger partial charge in [-0.3, -0.25) is 4.79 Å². The van der Waals surface area contributed by atoms with Gasteiger partial charge in [-0.05, 0) is 19.1 Å². The number of nitrogens with zero attached hydrogens (tertiary/aromatic N) is 2. The summed E-state index contributed by atoms with van der Waals surface area (Å²) in [6.07, 6.45) is 4.41. The van der Waals surface area contributed by atoms with Crippen molar-refractivity contribution in [2.75, 3.05) is 17.7 Å². The van der Waals surface area contributed by atoms with E-state index in [0.29, 0.717) is 29.3 Å². The van der Waals surface area contributed by atoms with Crippen LogP contribution in [0.5, 0.6) is 5.75 Å². The summed E-state index contributed by atoms with van der Waals surface area (Å²) in [4.78, 5) is 19.8. The Hall–Kier alpha value is -2.63. The van der Waals surface area contributed by atoms with Crippen molar-refractivity contribution in [3.05, 3.63) is 42.5 Å². The van der Waals surface area contributed by atoms with Gasteiger partial charge >= 0.3 is 0 Å². The second kappa shape index (κ2) is 5.81. The molecule has 1 heterocycles. The molecule has 3 N–H and O–H groups in total. The number of carbonyl (C=O) groups is 1. The average molecular weight is 258 g/mol. The van der Waals surface area contributed by atoms with Crippen LogP contribution in [0.1, 0.15) is 17.3 Å². The Labute approximate surface area is 110 Å². The number of carbonyl (C=O) groups excluding carboxylic acids is 1. The summed E-state index contributed by atoms with van der Waals surface area (Å²) in [7, 11) is 0. The van der Waals surface area contributed by atoms with E-state index in [1.807, 2.05) is 6.92 Å². The van der Waals surface area contributed by atoms with Gasteiger partial charge in [0.25, 0.3) is 5.91 Å². The Balaban J connectivity index is 2.26. The number of nitrogens with two attached hydrogens (primary N) is 1. The summed E-state index contributed by atoms with van der Waals surface area (Å²) in [6.45, 7) is 2.27. The first-order chi connectivity index (χ1) is 9.22. The molecular weight excluding hydrogens is 244 g/mol. The quantitative estimate of drug-likeness (QED) is 0.815. The van der Waals surface area contributed by atoms with Crippen LogP contribution in [-0.4, -0.2) is 22.5 Å². The first kappa shape index (κ1) is 12.8. The van der Waals surface area contributed by atoms with Gasteiger partial charge in [-0.25, -0.2) is 9.97 Å². The second-order valence-electron chi connectivity index (χ2n) is 3.74. The van der Waals surface area contributed by atoms with Gasteiger partial charge in [0, 0.05) is 0 Å². The van der Waals surface area contributed by atoms with Crippen molar-refractivity contribution >= 4 is 17.3 Å². The molecule has 0 atom stereocenters. The van der Waals surface area contributed by atoms with Crippen molar-refractivity contribution < 1.29 is 9.53 Å². The number of nitrogens with one attached hydrogen (secondary N) is 1. The fraction of sp³-hybridized carbons (Fsp3) is 0.154. The zero-order valence-corrected chi connectivity index (χ0v) is 10.5. The zero-order chi connectivity index (χ0) is 13.7. The van der Waals surface area contributed by atoms with E-state index >= 15 is 0 Å². The third-order valence-corrected chi connectivity index (χ3v) is 2.40. The third-order valence-electron chi connectivity index (χ3n) is 2.40. The minimum absolute atomic E-state index is 0.314. The van der Waals surface area contributed by atoms with Crippen LogP contribution in [0.2, 0.25) is 0 Å². The van der Waals surface area contributed by atoms with Crippen molar-refractivity contribution in [1.29, 1.82) is 0 Å². The molecule has 0 fully saturated rings. The lowest BCUT2D eigenvalue weighted by Crippen LogP contribution is -2.14. The predicted molar refractivity (Wildman–Crippen MR) is 72.0 cm³/mol. The van der Waals surface area contributed by atoms with Crippen molar-refractivity contribution in [2.24, 2.45) is 0 Å². The minimum Gasteiger partial charge on any atom is -0.491 e. The van der Waals surface area contributed by atoms with Gasteiger partial charge in [-0.15, -0.1) is 0 Å². The van der Waals surface area contributed by atoms with Gasteiger partial charge in [0.05, 0.1) is 35.9 Å². The molecule has 0 aliphatic rings. The highest BCUT2D eigenvalue weighted by atomic mass is 16.5. The molecule has 0 aliphatic carbocycles. The molecule has 6 heteroatoms. The lowest BCUT2D eigenvalue weighted by atomic mass is 10.1. The van der Waals surface area contributed by atoms with Crippen molar-refractivity contribution in [2.45, 2.75) is 6.92 Å². The molecule has 0 spiro atoms. The van der Waals surface area contributed by atoms with Crippen LogP contribution in [-0.2, 0) is 0 Å². The molecule has 0 unspecified atom stereocenters. The molecule has 0 saturated heterocycles. The van der Waals surface area contributed by atoms with Crippen LogP contribution < -0.4 is 15.8 Å². The van der Waals surface area contributed by atoms with Crippen LogP contribution in [0.15, 0.2) is 36.9 Å². The summed E-state index contributed by atoms with van der Waals surface area (Å²) in [6, 6.07) is 5.04. The summed E-state index contributed by atoms with van der Waals surface area (Å²) >= 11 is 0. The van der Waals surface area contributed by atoms with Crippen LogP contribution >= 0.6 is 0 Å². The fourth-order valence-electron chi connectivity index (χ4n) is 1.60. The summed E-state index contributed by atoms with van der Waals surface area (Å²) < 4.78 is 5.41. The first-order valence-corrected chi connectivity index (χ1v) is 5.80. The minimum atomic E-state index is -0.314. The molecule has 1 aromatic carbocycles. The number of benzene rings is 1. The summed E-state index contributed by atoms with van der Waals surface area (Å²) in [5, 5.41) is 2.68. The van der Waals surface area contributed by atoms with Crippen LogP contribution in [0.25, 0.3) is 0 Å². The largest absolute Gasteiger partial charge is 0.491 e. The van der Waals surface area contributed by atoms with Crippen LogP contribution in [0.3, 0.4) is 0 Å². The molecule has 0 bridgehead atoms. The Kier molecular flexibility index (Phi) is 3.92. The number of hydrogen-bond acceptors (Lipinski definition) is 5. The molecule has 0 saturated carbocycles. The molecule has 2 rings (SSSR count). The number of anilines is 2. The molecule has 1 aromatic heterocycles.